The minimum Gasteiger partial charge on any atom is -0.464 e. The first kappa shape index (κ1) is 13.0. The van der Waals surface area contributed by atoms with Crippen LogP contribution >= 0.6 is 0 Å². The van der Waals surface area contributed by atoms with Crippen molar-refractivity contribution >= 4 is 12.3 Å². The van der Waals surface area contributed by atoms with Crippen LogP contribution in [-0.2, 0) is 4.74 Å². The Morgan fingerprint density at radius 1 is 1.32 bits per heavy atom. The maximum atomic E-state index is 11.4. The average Bonchev–Trinajstić information content (AvgIpc) is 2.46. The molecular formula is C15H13NO3. The summed E-state index contributed by atoms with van der Waals surface area (Å²) in [6.07, 6.45) is 2.42. The fourth-order valence-electron chi connectivity index (χ4n) is 1.85. The number of aldehydes is 1. The molecule has 4 nitrogen and oxygen atoms in total. The number of hydrogen-bond acceptors (Lipinski definition) is 4. The molecule has 0 saturated heterocycles. The van der Waals surface area contributed by atoms with Crippen LogP contribution < -0.4 is 0 Å². The molecule has 0 radical (unpaired) electrons. The summed E-state index contributed by atoms with van der Waals surface area (Å²) in [5, 5.41) is 0. The second-order valence-electron chi connectivity index (χ2n) is 4.12. The standard InChI is InChI=1S/C15H13NO3/c1-10-6-14(15(18)19-2)16-8-13(10)12-5-3-4-11(7-12)9-17/h3-9H,1-2H3. The van der Waals surface area contributed by atoms with E-state index in [-0.39, 0.29) is 5.69 Å². The van der Waals surface area contributed by atoms with Gasteiger partial charge in [0, 0.05) is 17.3 Å². The third-order valence-corrected chi connectivity index (χ3v) is 2.84. The first-order chi connectivity index (χ1) is 9.15. The number of nitrogens with zero attached hydrogens (tertiary/aromatic N) is 1. The van der Waals surface area contributed by atoms with Crippen LogP contribution in [0.15, 0.2) is 36.5 Å². The van der Waals surface area contributed by atoms with E-state index in [2.05, 4.69) is 9.72 Å². The zero-order valence-corrected chi connectivity index (χ0v) is 10.7. The summed E-state index contributed by atoms with van der Waals surface area (Å²) in [7, 11) is 1.32. The van der Waals surface area contributed by atoms with Crippen molar-refractivity contribution in [3.8, 4) is 11.1 Å². The third-order valence-electron chi connectivity index (χ3n) is 2.84. The lowest BCUT2D eigenvalue weighted by Crippen LogP contribution is -2.04. The van der Waals surface area contributed by atoms with E-state index in [9.17, 15) is 9.59 Å². The van der Waals surface area contributed by atoms with Crippen molar-refractivity contribution < 1.29 is 14.3 Å². The third kappa shape index (κ3) is 2.68. The van der Waals surface area contributed by atoms with Crippen LogP contribution in [0.1, 0.15) is 26.4 Å². The number of carbonyl (C=O) groups excluding carboxylic acids is 2. The minimum atomic E-state index is -0.462. The number of methoxy groups -OCH3 is 1. The summed E-state index contributed by atoms with van der Waals surface area (Å²) in [5.74, 6) is -0.462. The van der Waals surface area contributed by atoms with Gasteiger partial charge in [0.15, 0.2) is 0 Å². The van der Waals surface area contributed by atoms with Gasteiger partial charge in [-0.05, 0) is 30.2 Å². The molecule has 0 fully saturated rings. The van der Waals surface area contributed by atoms with Crippen molar-refractivity contribution in [1.82, 2.24) is 4.98 Å². The Labute approximate surface area is 111 Å². The molecule has 0 saturated carbocycles. The molecule has 0 amide bonds. The summed E-state index contributed by atoms with van der Waals surface area (Å²) in [6, 6.07) is 8.91. The predicted octanol–water partition coefficient (Wildman–Crippen LogP) is 2.66. The van der Waals surface area contributed by atoms with E-state index in [0.29, 0.717) is 5.56 Å². The molecule has 0 aliphatic heterocycles. The number of aryl methyl sites for hydroxylation is 1. The van der Waals surface area contributed by atoms with Gasteiger partial charge >= 0.3 is 5.97 Å². The van der Waals surface area contributed by atoms with Gasteiger partial charge in [-0.15, -0.1) is 0 Å². The zero-order chi connectivity index (χ0) is 13.8. The highest BCUT2D eigenvalue weighted by Crippen LogP contribution is 2.23. The van der Waals surface area contributed by atoms with Gasteiger partial charge in [-0.2, -0.15) is 0 Å². The molecule has 0 aliphatic rings. The van der Waals surface area contributed by atoms with Crippen LogP contribution in [0.5, 0.6) is 0 Å². The molecule has 0 N–H and O–H groups in total. The molecule has 2 aromatic rings. The summed E-state index contributed by atoms with van der Waals surface area (Å²) < 4.78 is 4.63. The molecular weight excluding hydrogens is 242 g/mol. The average molecular weight is 255 g/mol. The van der Waals surface area contributed by atoms with Crippen molar-refractivity contribution in [1.29, 1.82) is 0 Å². The Hall–Kier alpha value is -2.49. The number of hydrogen-bond donors (Lipinski definition) is 0. The maximum Gasteiger partial charge on any atom is 0.356 e. The SMILES string of the molecule is COC(=O)c1cc(C)c(-c2cccc(C=O)c2)cn1. The van der Waals surface area contributed by atoms with E-state index in [1.165, 1.54) is 7.11 Å². The summed E-state index contributed by atoms with van der Waals surface area (Å²) >= 11 is 0. The predicted molar refractivity (Wildman–Crippen MR) is 71.1 cm³/mol. The minimum absolute atomic E-state index is 0.273. The van der Waals surface area contributed by atoms with Crippen molar-refractivity contribution in [2.75, 3.05) is 7.11 Å². The largest absolute Gasteiger partial charge is 0.464 e. The van der Waals surface area contributed by atoms with Crippen molar-refractivity contribution in [2.24, 2.45) is 0 Å². The number of carbonyl (C=O) groups is 2. The topological polar surface area (TPSA) is 56.3 Å². The van der Waals surface area contributed by atoms with Gasteiger partial charge in [0.2, 0.25) is 0 Å². The fraction of sp³-hybridized carbons (Fsp3) is 0.133. The van der Waals surface area contributed by atoms with E-state index in [0.717, 1.165) is 23.0 Å². The van der Waals surface area contributed by atoms with E-state index in [1.54, 1.807) is 24.4 Å². The first-order valence-electron chi connectivity index (χ1n) is 5.76. The fourth-order valence-corrected chi connectivity index (χ4v) is 1.85. The van der Waals surface area contributed by atoms with Gasteiger partial charge in [-0.3, -0.25) is 4.79 Å². The highest BCUT2D eigenvalue weighted by atomic mass is 16.5. The highest BCUT2D eigenvalue weighted by Gasteiger charge is 2.10. The molecule has 0 unspecified atom stereocenters. The van der Waals surface area contributed by atoms with E-state index >= 15 is 0 Å². The van der Waals surface area contributed by atoms with Crippen molar-refractivity contribution in [2.45, 2.75) is 6.92 Å². The van der Waals surface area contributed by atoms with Crippen molar-refractivity contribution in [3.63, 3.8) is 0 Å². The Kier molecular flexibility index (Phi) is 3.71. The molecule has 0 spiro atoms. The van der Waals surface area contributed by atoms with E-state index < -0.39 is 5.97 Å². The van der Waals surface area contributed by atoms with Crippen LogP contribution in [0.3, 0.4) is 0 Å². The molecule has 0 bridgehead atoms. The normalized spacial score (nSPS) is 10.0. The smallest absolute Gasteiger partial charge is 0.356 e. The number of benzene rings is 1. The van der Waals surface area contributed by atoms with Gasteiger partial charge in [-0.25, -0.2) is 9.78 Å². The molecule has 1 aromatic heterocycles. The number of ether oxygens (including phenoxy) is 1. The lowest BCUT2D eigenvalue weighted by atomic mass is 10.0. The molecule has 2 rings (SSSR count). The Balaban J connectivity index is 2.45. The molecule has 0 atom stereocenters. The Morgan fingerprint density at radius 3 is 2.74 bits per heavy atom. The summed E-state index contributed by atoms with van der Waals surface area (Å²) in [6.45, 7) is 1.89. The summed E-state index contributed by atoms with van der Waals surface area (Å²) in [4.78, 5) is 26.2. The second-order valence-corrected chi connectivity index (χ2v) is 4.12. The first-order valence-corrected chi connectivity index (χ1v) is 5.76. The van der Waals surface area contributed by atoms with Gasteiger partial charge in [0.05, 0.1) is 7.11 Å². The number of esters is 1. The number of pyridine rings is 1. The van der Waals surface area contributed by atoms with Crippen LogP contribution in [-0.4, -0.2) is 24.3 Å². The van der Waals surface area contributed by atoms with Gasteiger partial charge in [0.25, 0.3) is 0 Å². The van der Waals surface area contributed by atoms with Gasteiger partial charge in [-0.1, -0.05) is 18.2 Å². The number of rotatable bonds is 3. The monoisotopic (exact) mass is 255 g/mol. The summed E-state index contributed by atoms with van der Waals surface area (Å²) in [5.41, 5.74) is 3.56. The Morgan fingerprint density at radius 2 is 2.11 bits per heavy atom. The van der Waals surface area contributed by atoms with Crippen LogP contribution in [0.4, 0.5) is 0 Å². The lowest BCUT2D eigenvalue weighted by Gasteiger charge is -2.07. The second kappa shape index (κ2) is 5.44. The van der Waals surface area contributed by atoms with Crippen LogP contribution in [0, 0.1) is 6.92 Å². The molecule has 4 heteroatoms. The highest BCUT2D eigenvalue weighted by molar-refractivity contribution is 5.88. The molecule has 1 aromatic carbocycles. The molecule has 0 aliphatic carbocycles. The number of aromatic nitrogens is 1. The van der Waals surface area contributed by atoms with Gasteiger partial charge < -0.3 is 4.74 Å². The molecule has 19 heavy (non-hydrogen) atoms. The van der Waals surface area contributed by atoms with E-state index in [4.69, 9.17) is 0 Å². The van der Waals surface area contributed by atoms with Crippen LogP contribution in [0.2, 0.25) is 0 Å². The maximum absolute atomic E-state index is 11.4. The molecule has 96 valence electrons. The van der Waals surface area contributed by atoms with E-state index in [1.807, 2.05) is 19.1 Å². The van der Waals surface area contributed by atoms with Crippen LogP contribution in [0.25, 0.3) is 11.1 Å². The zero-order valence-electron chi connectivity index (χ0n) is 10.7. The Bertz CT molecular complexity index is 635. The lowest BCUT2D eigenvalue weighted by molar-refractivity contribution is 0.0594. The van der Waals surface area contributed by atoms with Crippen molar-refractivity contribution in [3.05, 3.63) is 53.3 Å². The molecule has 1 heterocycles. The van der Waals surface area contributed by atoms with Gasteiger partial charge in [0.1, 0.15) is 12.0 Å². The quantitative estimate of drug-likeness (QED) is 0.625.